The van der Waals surface area contributed by atoms with Gasteiger partial charge in [0.1, 0.15) is 12.2 Å². The molecule has 2 aliphatic rings. The van der Waals surface area contributed by atoms with Gasteiger partial charge in [-0.3, -0.25) is 4.79 Å². The van der Waals surface area contributed by atoms with Gasteiger partial charge in [0, 0.05) is 20.0 Å². The van der Waals surface area contributed by atoms with Crippen LogP contribution in [0.3, 0.4) is 0 Å². The molecule has 15 heteroatoms. The summed E-state index contributed by atoms with van der Waals surface area (Å²) in [5.74, 6) is -2.01. The summed E-state index contributed by atoms with van der Waals surface area (Å²) in [5, 5.41) is 3.13. The van der Waals surface area contributed by atoms with Crippen LogP contribution in [0.4, 0.5) is 0 Å². The van der Waals surface area contributed by atoms with E-state index in [2.05, 4.69) is 46.9 Å². The molecule has 0 spiro atoms. The van der Waals surface area contributed by atoms with Crippen LogP contribution in [0.15, 0.2) is 0 Å². The highest BCUT2D eigenvalue weighted by Gasteiger charge is 2.49. The fourth-order valence-electron chi connectivity index (χ4n) is 6.47. The van der Waals surface area contributed by atoms with Gasteiger partial charge in [-0.25, -0.2) is 0 Å². The Hall–Kier alpha value is -1.05. The molecule has 0 aromatic heterocycles. The van der Waals surface area contributed by atoms with Crippen molar-refractivity contribution in [3.05, 3.63) is 0 Å². The van der Waals surface area contributed by atoms with Crippen LogP contribution in [0.25, 0.3) is 0 Å². The summed E-state index contributed by atoms with van der Waals surface area (Å²) in [7, 11) is 0. The molecule has 8 unspecified atom stereocenters. The molecule has 54 heavy (non-hydrogen) atoms. The first kappa shape index (κ1) is 49.1. The van der Waals surface area contributed by atoms with Crippen molar-refractivity contribution in [3.8, 4) is 0 Å². The second-order valence-electron chi connectivity index (χ2n) is 16.3. The molecule has 0 aliphatic carbocycles. The molecule has 15 nitrogen and oxygen atoms in total. The number of hydrogen-bond donors (Lipinski definition) is 4. The molecular formula is C39H78N4O11. The van der Waals surface area contributed by atoms with Gasteiger partial charge in [-0.2, -0.15) is 0 Å². The van der Waals surface area contributed by atoms with Crippen molar-refractivity contribution in [1.29, 1.82) is 0 Å². The zero-order chi connectivity index (χ0) is 40.6. The maximum Gasteiger partial charge on any atom is 0.217 e. The molecule has 0 radical (unpaired) electrons. The number of nitrogens with one attached hydrogen (secondary N) is 1. The van der Waals surface area contributed by atoms with E-state index < -0.39 is 42.2 Å². The van der Waals surface area contributed by atoms with Gasteiger partial charge in [0.2, 0.25) is 5.91 Å². The minimum absolute atomic E-state index is 0.145. The Balaban J connectivity index is 2.33. The second-order valence-corrected chi connectivity index (χ2v) is 16.3. The van der Waals surface area contributed by atoms with Gasteiger partial charge in [0.05, 0.1) is 88.9 Å². The smallest absolute Gasteiger partial charge is 0.217 e. The van der Waals surface area contributed by atoms with Crippen molar-refractivity contribution < 1.29 is 52.2 Å². The molecule has 8 atom stereocenters. The summed E-state index contributed by atoms with van der Waals surface area (Å²) in [6.45, 7) is 25.3. The third-order valence-electron chi connectivity index (χ3n) is 10.5. The molecule has 0 aromatic carbocycles. The lowest BCUT2D eigenvalue weighted by molar-refractivity contribution is -0.315. The number of rotatable bonds is 27. The highest BCUT2D eigenvalue weighted by atomic mass is 16.7. The van der Waals surface area contributed by atoms with Crippen LogP contribution < -0.4 is 22.5 Å². The number of carbonyl (C=O) groups is 1. The maximum atomic E-state index is 12.5. The zero-order valence-corrected chi connectivity index (χ0v) is 35.4. The Morgan fingerprint density at radius 1 is 0.704 bits per heavy atom. The first-order valence-corrected chi connectivity index (χ1v) is 20.1. The van der Waals surface area contributed by atoms with E-state index in [-0.39, 0.29) is 48.4 Å². The lowest BCUT2D eigenvalue weighted by Gasteiger charge is -2.50. The van der Waals surface area contributed by atoms with Crippen molar-refractivity contribution in [2.45, 2.75) is 174 Å². The highest BCUT2D eigenvalue weighted by molar-refractivity contribution is 5.73. The molecule has 2 aliphatic heterocycles. The lowest BCUT2D eigenvalue weighted by atomic mass is 9.76. The van der Waals surface area contributed by atoms with Gasteiger partial charge >= 0.3 is 0 Å². The first-order valence-electron chi connectivity index (χ1n) is 20.1. The van der Waals surface area contributed by atoms with E-state index in [9.17, 15) is 4.79 Å². The molecule has 2 fully saturated rings. The van der Waals surface area contributed by atoms with Crippen LogP contribution in [0, 0.1) is 5.41 Å². The van der Waals surface area contributed by atoms with Crippen LogP contribution in [0.2, 0.25) is 0 Å². The highest BCUT2D eigenvalue weighted by Crippen LogP contribution is 2.38. The summed E-state index contributed by atoms with van der Waals surface area (Å²) in [4.78, 5) is 12.5. The van der Waals surface area contributed by atoms with E-state index >= 15 is 0 Å². The van der Waals surface area contributed by atoms with Crippen molar-refractivity contribution in [2.75, 3.05) is 65.9 Å². The van der Waals surface area contributed by atoms with E-state index in [1.54, 1.807) is 0 Å². The second kappa shape index (κ2) is 23.4. The molecule has 7 N–H and O–H groups in total. The van der Waals surface area contributed by atoms with Crippen LogP contribution in [0.1, 0.15) is 108 Å². The van der Waals surface area contributed by atoms with Gasteiger partial charge in [-0.1, -0.05) is 34.6 Å². The predicted molar refractivity (Wildman–Crippen MR) is 207 cm³/mol. The van der Waals surface area contributed by atoms with Gasteiger partial charge in [-0.05, 0) is 72.1 Å². The molecule has 2 rings (SSSR count). The minimum atomic E-state index is -0.939. The predicted octanol–water partition coefficient (Wildman–Crippen LogP) is 3.37. The van der Waals surface area contributed by atoms with E-state index in [1.165, 1.54) is 6.92 Å². The molecule has 0 saturated carbocycles. The van der Waals surface area contributed by atoms with Gasteiger partial charge in [-0.15, -0.1) is 0 Å². The number of hydrogen-bond acceptors (Lipinski definition) is 14. The largest absolute Gasteiger partial charge is 0.378 e. The Labute approximate surface area is 325 Å². The van der Waals surface area contributed by atoms with Crippen molar-refractivity contribution >= 4 is 5.91 Å². The van der Waals surface area contributed by atoms with Crippen LogP contribution in [0.5, 0.6) is 0 Å². The summed E-state index contributed by atoms with van der Waals surface area (Å²) in [6.07, 6.45) is 0.327. The van der Waals surface area contributed by atoms with Gasteiger partial charge in [0.25, 0.3) is 0 Å². The third kappa shape index (κ3) is 16.8. The topological polar surface area (TPSA) is 199 Å². The molecule has 320 valence electrons. The number of amides is 1. The van der Waals surface area contributed by atoms with Gasteiger partial charge in [0.15, 0.2) is 17.9 Å². The van der Waals surface area contributed by atoms with Gasteiger partial charge < -0.3 is 69.9 Å². The monoisotopic (exact) mass is 779 g/mol. The Kier molecular flexibility index (Phi) is 21.3. The molecule has 1 amide bonds. The quantitative estimate of drug-likeness (QED) is 0.0699. The summed E-state index contributed by atoms with van der Waals surface area (Å²) < 4.78 is 62.7. The maximum absolute atomic E-state index is 12.5. The average molecular weight is 779 g/mol. The summed E-state index contributed by atoms with van der Waals surface area (Å²) in [5.41, 5.74) is 17.3. The molecule has 2 saturated heterocycles. The third-order valence-corrected chi connectivity index (χ3v) is 10.5. The van der Waals surface area contributed by atoms with E-state index in [0.717, 1.165) is 19.3 Å². The van der Waals surface area contributed by atoms with E-state index in [1.807, 2.05) is 27.7 Å². The molecule has 2 heterocycles. The Morgan fingerprint density at radius 3 is 1.69 bits per heavy atom. The summed E-state index contributed by atoms with van der Waals surface area (Å²) >= 11 is 0. The van der Waals surface area contributed by atoms with Crippen molar-refractivity contribution in [3.63, 3.8) is 0 Å². The fourth-order valence-corrected chi connectivity index (χ4v) is 6.47. The fraction of sp³-hybridized carbons (Fsp3) is 0.974. The van der Waals surface area contributed by atoms with Crippen LogP contribution in [-0.4, -0.2) is 138 Å². The first-order chi connectivity index (χ1) is 25.3. The Morgan fingerprint density at radius 2 is 1.22 bits per heavy atom. The number of ether oxygens (including phenoxy) is 10. The number of nitrogens with two attached hydrogens (primary N) is 3. The molecule has 0 aromatic rings. The van der Waals surface area contributed by atoms with Crippen molar-refractivity contribution in [1.82, 2.24) is 5.32 Å². The van der Waals surface area contributed by atoms with E-state index in [4.69, 9.17) is 64.6 Å². The number of carbonyl (C=O) groups excluding carboxylic acids is 1. The average Bonchev–Trinajstić information content (AvgIpc) is 3.11. The van der Waals surface area contributed by atoms with E-state index in [0.29, 0.717) is 65.6 Å². The normalized spacial score (nSPS) is 27.3. The van der Waals surface area contributed by atoms with Crippen LogP contribution >= 0.6 is 0 Å². The zero-order valence-electron chi connectivity index (χ0n) is 35.4. The molecular weight excluding hydrogens is 700 g/mol. The SMILES string of the molecule is CCC(C)(CC)OC1CC(N)C(OC2CC(NC(C)=O)C(C(C)(C)CC)OC2COC(C)(C)OCCOCCN)OC1COC(C)(C)OCCOCCN. The minimum Gasteiger partial charge on any atom is -0.378 e. The van der Waals surface area contributed by atoms with Crippen molar-refractivity contribution in [2.24, 2.45) is 22.6 Å². The Bertz CT molecular complexity index is 1050. The lowest BCUT2D eigenvalue weighted by Crippen LogP contribution is -2.62. The standard InChI is InChI=1S/C39H78N4O11/c1-12-36(5,6)34-29(43-27(4)44)24-30(32(51-34)25-49-37(7,8)47-21-19-45-17-15-40)52-35-28(42)23-31(54-39(11,13-2)14-3)33(53-35)26-50-38(9,10)48-22-20-46-18-16-41/h28-35H,12-26,40-42H2,1-11H3,(H,43,44). The van der Waals surface area contributed by atoms with Crippen LogP contribution in [-0.2, 0) is 52.2 Å². The summed E-state index contributed by atoms with van der Waals surface area (Å²) in [6, 6.07) is -0.841. The molecule has 0 bridgehead atoms.